The summed E-state index contributed by atoms with van der Waals surface area (Å²) in [6.07, 6.45) is 5.23. The molecule has 0 bridgehead atoms. The number of ketones is 1. The highest BCUT2D eigenvalue weighted by Gasteiger charge is 2.71. The molecule has 0 amide bonds. The monoisotopic (exact) mass is 302 g/mol. The molecule has 22 heavy (non-hydrogen) atoms. The first-order valence-electron chi connectivity index (χ1n) is 8.15. The zero-order valence-electron chi connectivity index (χ0n) is 12.9. The van der Waals surface area contributed by atoms with Crippen molar-refractivity contribution in [3.63, 3.8) is 0 Å². The van der Waals surface area contributed by atoms with Gasteiger partial charge in [0.05, 0.1) is 6.61 Å². The molecule has 2 unspecified atom stereocenters. The minimum absolute atomic E-state index is 0.253. The van der Waals surface area contributed by atoms with Crippen molar-refractivity contribution in [2.45, 2.75) is 50.7 Å². The molecule has 1 saturated heterocycles. The molecule has 2 atom stereocenters. The van der Waals surface area contributed by atoms with Gasteiger partial charge in [-0.3, -0.25) is 4.79 Å². The van der Waals surface area contributed by atoms with Gasteiger partial charge in [0.1, 0.15) is 6.10 Å². The van der Waals surface area contributed by atoms with Crippen LogP contribution in [0.15, 0.2) is 30.3 Å². The molecule has 2 aliphatic rings. The van der Waals surface area contributed by atoms with Crippen LogP contribution in [0.5, 0.6) is 0 Å². The number of epoxide rings is 1. The van der Waals surface area contributed by atoms with Crippen LogP contribution in [-0.2, 0) is 14.3 Å². The van der Waals surface area contributed by atoms with Crippen LogP contribution in [0.1, 0.15) is 49.4 Å². The molecule has 1 aromatic carbocycles. The molecule has 4 heteroatoms. The van der Waals surface area contributed by atoms with Crippen LogP contribution in [0.25, 0.3) is 0 Å². The molecular formula is C18H22O4. The topological polar surface area (TPSA) is 55.9 Å². The van der Waals surface area contributed by atoms with Crippen LogP contribution < -0.4 is 0 Å². The predicted octanol–water partition coefficient (Wildman–Crippen LogP) is 3.15. The van der Waals surface area contributed by atoms with E-state index in [-0.39, 0.29) is 24.4 Å². The molecule has 1 heterocycles. The highest BCUT2D eigenvalue weighted by Crippen LogP contribution is 2.49. The zero-order chi connectivity index (χ0) is 15.6. The lowest BCUT2D eigenvalue weighted by Gasteiger charge is -2.21. The van der Waals surface area contributed by atoms with Gasteiger partial charge >= 0.3 is 5.97 Å². The van der Waals surface area contributed by atoms with Gasteiger partial charge in [-0.1, -0.05) is 49.6 Å². The maximum absolute atomic E-state index is 12.9. The van der Waals surface area contributed by atoms with Gasteiger partial charge in [-0.15, -0.1) is 0 Å². The van der Waals surface area contributed by atoms with E-state index >= 15 is 0 Å². The maximum Gasteiger partial charge on any atom is 0.349 e. The lowest BCUT2D eigenvalue weighted by Crippen LogP contribution is -2.40. The molecule has 1 aliphatic carbocycles. The second-order valence-corrected chi connectivity index (χ2v) is 6.09. The van der Waals surface area contributed by atoms with Crippen molar-refractivity contribution in [3.8, 4) is 0 Å². The Morgan fingerprint density at radius 2 is 1.86 bits per heavy atom. The number of Topliss-reactive ketones (excluding diaryl/α,β-unsaturated/α-hetero) is 1. The Kier molecular flexibility index (Phi) is 4.30. The Labute approximate surface area is 130 Å². The first-order chi connectivity index (χ1) is 10.7. The highest BCUT2D eigenvalue weighted by atomic mass is 16.7. The Morgan fingerprint density at radius 3 is 2.50 bits per heavy atom. The molecule has 0 radical (unpaired) electrons. The lowest BCUT2D eigenvalue weighted by atomic mass is 9.80. The number of rotatable bonds is 5. The van der Waals surface area contributed by atoms with Gasteiger partial charge in [-0.25, -0.2) is 4.79 Å². The van der Waals surface area contributed by atoms with Crippen LogP contribution in [-0.4, -0.2) is 30.1 Å². The summed E-state index contributed by atoms with van der Waals surface area (Å²) in [5, 5.41) is 0. The van der Waals surface area contributed by atoms with Crippen molar-refractivity contribution in [2.24, 2.45) is 5.92 Å². The first kappa shape index (κ1) is 15.2. The second-order valence-electron chi connectivity index (χ2n) is 6.09. The molecule has 0 N–H and O–H groups in total. The highest BCUT2D eigenvalue weighted by molar-refractivity contribution is 6.18. The molecule has 1 aliphatic heterocycles. The molecule has 2 fully saturated rings. The summed E-state index contributed by atoms with van der Waals surface area (Å²) in [5.74, 6) is -0.507. The number of esters is 1. The summed E-state index contributed by atoms with van der Waals surface area (Å²) in [7, 11) is 0. The van der Waals surface area contributed by atoms with Gasteiger partial charge in [0.25, 0.3) is 5.60 Å². The summed E-state index contributed by atoms with van der Waals surface area (Å²) in [5.41, 5.74) is -0.895. The molecule has 0 aromatic heterocycles. The first-order valence-corrected chi connectivity index (χ1v) is 8.15. The van der Waals surface area contributed by atoms with Gasteiger partial charge in [-0.2, -0.15) is 0 Å². The molecule has 0 spiro atoms. The van der Waals surface area contributed by atoms with Crippen molar-refractivity contribution >= 4 is 11.8 Å². The Balaban J connectivity index is 1.85. The van der Waals surface area contributed by atoms with E-state index in [2.05, 4.69) is 0 Å². The van der Waals surface area contributed by atoms with E-state index in [4.69, 9.17) is 9.47 Å². The number of ether oxygens (including phenoxy) is 2. The molecule has 1 saturated carbocycles. The standard InChI is InChI=1S/C18H22O4/c1-2-21-17(20)18(15(19)13-9-5-3-6-10-13)16(22-18)14-11-7-4-8-12-14/h3,5-6,9-10,14,16H,2,4,7-8,11-12H2,1H3. The second kappa shape index (κ2) is 6.21. The SMILES string of the molecule is CCOC(=O)C1(C(=O)c2ccccc2)OC1C1CCCCC1. The fourth-order valence-electron chi connectivity index (χ4n) is 3.51. The van der Waals surface area contributed by atoms with Crippen LogP contribution in [0.2, 0.25) is 0 Å². The van der Waals surface area contributed by atoms with E-state index in [0.717, 1.165) is 25.7 Å². The maximum atomic E-state index is 12.9. The van der Waals surface area contributed by atoms with Gasteiger partial charge < -0.3 is 9.47 Å². The van der Waals surface area contributed by atoms with Gasteiger partial charge in [0, 0.05) is 5.56 Å². The number of hydrogen-bond donors (Lipinski definition) is 0. The summed E-state index contributed by atoms with van der Waals surface area (Å²) in [6.45, 7) is 2.00. The van der Waals surface area contributed by atoms with Crippen LogP contribution in [0.4, 0.5) is 0 Å². The summed E-state index contributed by atoms with van der Waals surface area (Å²) in [4.78, 5) is 25.3. The predicted molar refractivity (Wildman–Crippen MR) is 81.6 cm³/mol. The van der Waals surface area contributed by atoms with Crippen molar-refractivity contribution < 1.29 is 19.1 Å². The minimum atomic E-state index is -1.40. The number of benzene rings is 1. The van der Waals surface area contributed by atoms with Crippen molar-refractivity contribution in [1.29, 1.82) is 0 Å². The quantitative estimate of drug-likeness (QED) is 0.363. The van der Waals surface area contributed by atoms with E-state index in [1.165, 1.54) is 6.42 Å². The van der Waals surface area contributed by atoms with Crippen molar-refractivity contribution in [2.75, 3.05) is 6.61 Å². The smallest absolute Gasteiger partial charge is 0.349 e. The lowest BCUT2D eigenvalue weighted by molar-refractivity contribution is -0.147. The molecule has 118 valence electrons. The Bertz CT molecular complexity index is 547. The van der Waals surface area contributed by atoms with E-state index in [1.807, 2.05) is 6.07 Å². The fraction of sp³-hybridized carbons (Fsp3) is 0.556. The Morgan fingerprint density at radius 1 is 1.18 bits per heavy atom. The average molecular weight is 302 g/mol. The van der Waals surface area contributed by atoms with Gasteiger partial charge in [0.15, 0.2) is 0 Å². The van der Waals surface area contributed by atoms with E-state index in [0.29, 0.717) is 5.56 Å². The third-order valence-corrected chi connectivity index (χ3v) is 4.69. The van der Waals surface area contributed by atoms with Gasteiger partial charge in [0.2, 0.25) is 5.78 Å². The van der Waals surface area contributed by atoms with Crippen molar-refractivity contribution in [3.05, 3.63) is 35.9 Å². The molecular weight excluding hydrogens is 280 g/mol. The molecule has 4 nitrogen and oxygen atoms in total. The zero-order valence-corrected chi connectivity index (χ0v) is 12.9. The van der Waals surface area contributed by atoms with Crippen LogP contribution >= 0.6 is 0 Å². The Hall–Kier alpha value is -1.68. The normalized spacial score (nSPS) is 28.1. The minimum Gasteiger partial charge on any atom is -0.463 e. The summed E-state index contributed by atoms with van der Waals surface area (Å²) in [6, 6.07) is 8.89. The molecule has 3 rings (SSSR count). The summed E-state index contributed by atoms with van der Waals surface area (Å²) < 4.78 is 10.9. The third-order valence-electron chi connectivity index (χ3n) is 4.69. The van der Waals surface area contributed by atoms with E-state index in [1.54, 1.807) is 31.2 Å². The van der Waals surface area contributed by atoms with Crippen LogP contribution in [0.3, 0.4) is 0 Å². The van der Waals surface area contributed by atoms with Crippen LogP contribution in [0, 0.1) is 5.92 Å². The average Bonchev–Trinajstić information content (AvgIpc) is 3.33. The van der Waals surface area contributed by atoms with E-state index < -0.39 is 11.6 Å². The largest absolute Gasteiger partial charge is 0.463 e. The van der Waals surface area contributed by atoms with Gasteiger partial charge in [-0.05, 0) is 25.7 Å². The molecule has 1 aromatic rings. The summed E-state index contributed by atoms with van der Waals surface area (Å²) >= 11 is 0. The number of carbonyl (C=O) groups excluding carboxylic acids is 2. The van der Waals surface area contributed by atoms with Crippen molar-refractivity contribution in [1.82, 2.24) is 0 Å². The fourth-order valence-corrected chi connectivity index (χ4v) is 3.51. The third kappa shape index (κ3) is 2.56. The van der Waals surface area contributed by atoms with E-state index in [9.17, 15) is 9.59 Å². The number of hydrogen-bond acceptors (Lipinski definition) is 4. The number of carbonyl (C=O) groups is 2.